The van der Waals surface area contributed by atoms with Gasteiger partial charge in [0, 0.05) is 12.6 Å². The summed E-state index contributed by atoms with van der Waals surface area (Å²) in [4.78, 5) is 28.5. The maximum absolute atomic E-state index is 13.8. The number of carbonyl (C=O) groups is 2. The molecule has 0 heterocycles. The van der Waals surface area contributed by atoms with Crippen LogP contribution in [0.1, 0.15) is 68.2 Å². The van der Waals surface area contributed by atoms with Crippen LogP contribution in [0.2, 0.25) is 0 Å². The quantitative estimate of drug-likeness (QED) is 0.343. The predicted octanol–water partition coefficient (Wildman–Crippen LogP) is 5.55. The molecule has 1 fully saturated rings. The van der Waals surface area contributed by atoms with E-state index in [1.165, 1.54) is 12.8 Å². The smallest absolute Gasteiger partial charge is 0.247 e. The maximum atomic E-state index is 13.8. The molecule has 6 nitrogen and oxygen atoms in total. The van der Waals surface area contributed by atoms with Gasteiger partial charge in [-0.05, 0) is 49.9 Å². The van der Waals surface area contributed by atoms with Crippen molar-refractivity contribution < 1.29 is 19.1 Å². The number of nitrogens with one attached hydrogen (secondary N) is 1. The molecule has 1 saturated carbocycles. The first-order valence-corrected chi connectivity index (χ1v) is 13.0. The summed E-state index contributed by atoms with van der Waals surface area (Å²) in [6, 6.07) is 12.6. The molecule has 0 unspecified atom stereocenters. The molecule has 0 saturated heterocycles. The van der Waals surface area contributed by atoms with Gasteiger partial charge in [0.15, 0.2) is 11.5 Å². The zero-order valence-electron chi connectivity index (χ0n) is 21.0. The second kappa shape index (κ2) is 13.4. The Hall–Kier alpha value is -2.73. The van der Waals surface area contributed by atoms with E-state index in [0.717, 1.165) is 36.8 Å². The van der Waals surface area contributed by atoms with Crippen molar-refractivity contribution in [3.05, 3.63) is 59.2 Å². The number of aryl methyl sites for hydroxylation is 1. The highest BCUT2D eigenvalue weighted by molar-refractivity contribution is 6.27. The monoisotopic (exact) mass is 500 g/mol. The van der Waals surface area contributed by atoms with E-state index in [-0.39, 0.29) is 30.3 Å². The minimum absolute atomic E-state index is 0.101. The molecule has 190 valence electrons. The van der Waals surface area contributed by atoms with E-state index >= 15 is 0 Å². The van der Waals surface area contributed by atoms with Crippen molar-refractivity contribution in [2.75, 3.05) is 19.6 Å². The van der Waals surface area contributed by atoms with Crippen molar-refractivity contribution in [2.24, 2.45) is 0 Å². The standard InChI is InChI=1S/C28H37ClN2O4/c1-4-35-24-16-15-22(17-25(24)34-3)27(28(33)30-23-9-7-5-6-8-10-23)31(26(32)18-29)19-21-13-11-20(2)12-14-21/h11-17,23,27H,4-10,18-19H2,1-3H3,(H,30,33)/t27-/m1/s1. The number of rotatable bonds is 10. The van der Waals surface area contributed by atoms with Crippen molar-refractivity contribution in [3.63, 3.8) is 0 Å². The van der Waals surface area contributed by atoms with Crippen LogP contribution in [0.25, 0.3) is 0 Å². The Kier molecular flexibility index (Phi) is 10.3. The van der Waals surface area contributed by atoms with E-state index in [0.29, 0.717) is 23.7 Å². The summed E-state index contributed by atoms with van der Waals surface area (Å²) in [5.74, 6) is 0.392. The number of carbonyl (C=O) groups excluding carboxylic acids is 2. The molecule has 1 aliphatic carbocycles. The molecule has 0 aromatic heterocycles. The predicted molar refractivity (Wildman–Crippen MR) is 139 cm³/mol. The van der Waals surface area contributed by atoms with E-state index < -0.39 is 6.04 Å². The molecule has 0 bridgehead atoms. The van der Waals surface area contributed by atoms with Gasteiger partial charge in [-0.15, -0.1) is 11.6 Å². The number of hydrogen-bond donors (Lipinski definition) is 1. The number of nitrogens with zero attached hydrogens (tertiary/aromatic N) is 1. The lowest BCUT2D eigenvalue weighted by Crippen LogP contribution is -2.46. The number of hydrogen-bond acceptors (Lipinski definition) is 4. The van der Waals surface area contributed by atoms with Crippen molar-refractivity contribution in [3.8, 4) is 11.5 Å². The van der Waals surface area contributed by atoms with Gasteiger partial charge in [0.2, 0.25) is 11.8 Å². The Bertz CT molecular complexity index is 971. The van der Waals surface area contributed by atoms with Gasteiger partial charge >= 0.3 is 0 Å². The lowest BCUT2D eigenvalue weighted by molar-refractivity contribution is -0.140. The third-order valence-corrected chi connectivity index (χ3v) is 6.70. The summed E-state index contributed by atoms with van der Waals surface area (Å²) in [7, 11) is 1.57. The lowest BCUT2D eigenvalue weighted by atomic mass is 10.0. The van der Waals surface area contributed by atoms with Crippen LogP contribution in [0.4, 0.5) is 0 Å². The third-order valence-electron chi connectivity index (χ3n) is 6.47. The molecule has 7 heteroatoms. The van der Waals surface area contributed by atoms with Gasteiger partial charge in [-0.3, -0.25) is 9.59 Å². The summed E-state index contributed by atoms with van der Waals surface area (Å²) < 4.78 is 11.2. The zero-order valence-corrected chi connectivity index (χ0v) is 21.8. The molecule has 1 N–H and O–H groups in total. The number of methoxy groups -OCH3 is 1. The summed E-state index contributed by atoms with van der Waals surface area (Å²) in [5, 5.41) is 3.24. The second-order valence-corrected chi connectivity index (χ2v) is 9.35. The third kappa shape index (κ3) is 7.38. The average Bonchev–Trinajstić information content (AvgIpc) is 3.13. The van der Waals surface area contributed by atoms with Crippen LogP contribution >= 0.6 is 11.6 Å². The van der Waals surface area contributed by atoms with Crippen LogP contribution < -0.4 is 14.8 Å². The van der Waals surface area contributed by atoms with E-state index in [1.807, 2.05) is 44.2 Å². The fourth-order valence-corrected chi connectivity index (χ4v) is 4.75. The normalized spacial score (nSPS) is 15.1. The highest BCUT2D eigenvalue weighted by Crippen LogP contribution is 2.34. The first kappa shape index (κ1) is 26.9. The molecule has 3 rings (SSSR count). The molecule has 1 aliphatic rings. The van der Waals surface area contributed by atoms with Crippen LogP contribution in [0.5, 0.6) is 11.5 Å². The molecule has 2 aromatic carbocycles. The Morgan fingerprint density at radius 3 is 2.34 bits per heavy atom. The summed E-state index contributed by atoms with van der Waals surface area (Å²) in [6.45, 7) is 4.68. The lowest BCUT2D eigenvalue weighted by Gasteiger charge is -2.32. The van der Waals surface area contributed by atoms with Crippen LogP contribution in [0.15, 0.2) is 42.5 Å². The maximum Gasteiger partial charge on any atom is 0.247 e. The highest BCUT2D eigenvalue weighted by Gasteiger charge is 2.33. The molecule has 0 aliphatic heterocycles. The van der Waals surface area contributed by atoms with E-state index in [2.05, 4.69) is 5.32 Å². The fraction of sp³-hybridized carbons (Fsp3) is 0.500. The van der Waals surface area contributed by atoms with Gasteiger partial charge < -0.3 is 19.7 Å². The summed E-state index contributed by atoms with van der Waals surface area (Å²) in [5.41, 5.74) is 2.71. The Labute approximate surface area is 213 Å². The van der Waals surface area contributed by atoms with Crippen molar-refractivity contribution in [1.29, 1.82) is 0 Å². The van der Waals surface area contributed by atoms with Gasteiger partial charge in [0.25, 0.3) is 0 Å². The Morgan fingerprint density at radius 1 is 1.06 bits per heavy atom. The molecule has 2 aromatic rings. The van der Waals surface area contributed by atoms with Gasteiger partial charge in [-0.25, -0.2) is 0 Å². The largest absolute Gasteiger partial charge is 0.493 e. The highest BCUT2D eigenvalue weighted by atomic mass is 35.5. The van der Waals surface area contributed by atoms with Crippen molar-refractivity contribution in [2.45, 2.75) is 71.0 Å². The average molecular weight is 501 g/mol. The minimum Gasteiger partial charge on any atom is -0.493 e. The van der Waals surface area contributed by atoms with Crippen molar-refractivity contribution >= 4 is 23.4 Å². The number of halogens is 1. The zero-order chi connectivity index (χ0) is 25.2. The number of amides is 2. The second-order valence-electron chi connectivity index (χ2n) is 9.08. The molecule has 1 atom stereocenters. The number of ether oxygens (including phenoxy) is 2. The van der Waals surface area contributed by atoms with Gasteiger partial charge in [-0.2, -0.15) is 0 Å². The molecular formula is C28H37ClN2O4. The Balaban J connectivity index is 2.00. The fourth-order valence-electron chi connectivity index (χ4n) is 4.60. The molecule has 35 heavy (non-hydrogen) atoms. The van der Waals surface area contributed by atoms with Gasteiger partial charge in [-0.1, -0.05) is 61.6 Å². The summed E-state index contributed by atoms with van der Waals surface area (Å²) >= 11 is 6.05. The molecular weight excluding hydrogens is 464 g/mol. The minimum atomic E-state index is -0.851. The number of alkyl halides is 1. The molecule has 2 amide bonds. The van der Waals surface area contributed by atoms with E-state index in [4.69, 9.17) is 21.1 Å². The summed E-state index contributed by atoms with van der Waals surface area (Å²) in [6.07, 6.45) is 6.48. The van der Waals surface area contributed by atoms with E-state index in [1.54, 1.807) is 24.1 Å². The van der Waals surface area contributed by atoms with Crippen LogP contribution in [-0.4, -0.2) is 42.4 Å². The molecule has 0 radical (unpaired) electrons. The van der Waals surface area contributed by atoms with Crippen LogP contribution in [0, 0.1) is 6.92 Å². The molecule has 0 spiro atoms. The van der Waals surface area contributed by atoms with Crippen LogP contribution in [0.3, 0.4) is 0 Å². The van der Waals surface area contributed by atoms with E-state index in [9.17, 15) is 9.59 Å². The van der Waals surface area contributed by atoms with Gasteiger partial charge in [0.1, 0.15) is 11.9 Å². The SMILES string of the molecule is CCOc1ccc([C@H](C(=O)NC2CCCCCC2)N(Cc2ccc(C)cc2)C(=O)CCl)cc1OC. The first-order valence-electron chi connectivity index (χ1n) is 12.5. The number of benzene rings is 2. The first-order chi connectivity index (χ1) is 17.0. The topological polar surface area (TPSA) is 67.9 Å². The Morgan fingerprint density at radius 2 is 1.74 bits per heavy atom. The van der Waals surface area contributed by atoms with Crippen molar-refractivity contribution in [1.82, 2.24) is 10.2 Å². The van der Waals surface area contributed by atoms with Crippen LogP contribution in [-0.2, 0) is 16.1 Å². The van der Waals surface area contributed by atoms with Gasteiger partial charge in [0.05, 0.1) is 13.7 Å².